The molecule has 13 heavy (non-hydrogen) atoms. The lowest BCUT2D eigenvalue weighted by atomic mass is 10.2. The van der Waals surface area contributed by atoms with Crippen LogP contribution in [0.5, 0.6) is 0 Å². The van der Waals surface area contributed by atoms with Crippen LogP contribution in [0.3, 0.4) is 0 Å². The summed E-state index contributed by atoms with van der Waals surface area (Å²) in [7, 11) is 0. The highest BCUT2D eigenvalue weighted by Gasteiger charge is 2.09. The molecule has 0 N–H and O–H groups in total. The summed E-state index contributed by atoms with van der Waals surface area (Å²) in [4.78, 5) is 11.1. The Hall–Kier alpha value is -1.25. The van der Waals surface area contributed by atoms with Crippen molar-refractivity contribution in [3.8, 4) is 0 Å². The van der Waals surface area contributed by atoms with Crippen molar-refractivity contribution in [3.63, 3.8) is 0 Å². The fourth-order valence-electron chi connectivity index (χ4n) is 1.21. The number of aromatic nitrogens is 1. The average molecular weight is 181 g/mol. The van der Waals surface area contributed by atoms with Gasteiger partial charge in [-0.15, -0.1) is 0 Å². The third kappa shape index (κ3) is 2.93. The number of ether oxygens (including phenoxy) is 1. The first-order valence-electron chi connectivity index (χ1n) is 4.52. The molecule has 0 radical (unpaired) electrons. The van der Waals surface area contributed by atoms with E-state index >= 15 is 0 Å². The third-order valence-electron chi connectivity index (χ3n) is 1.90. The van der Waals surface area contributed by atoms with Crippen molar-refractivity contribution in [1.29, 1.82) is 0 Å². The van der Waals surface area contributed by atoms with Crippen molar-refractivity contribution in [3.05, 3.63) is 24.5 Å². The molecule has 0 aliphatic rings. The molecule has 0 saturated carbocycles. The molecule has 0 aliphatic carbocycles. The molecule has 0 aromatic carbocycles. The van der Waals surface area contributed by atoms with Crippen LogP contribution >= 0.6 is 0 Å². The monoisotopic (exact) mass is 181 g/mol. The topological polar surface area (TPSA) is 31.2 Å². The Labute approximate surface area is 78.3 Å². The van der Waals surface area contributed by atoms with Gasteiger partial charge in [0.2, 0.25) is 0 Å². The Morgan fingerprint density at radius 3 is 2.62 bits per heavy atom. The minimum Gasteiger partial charge on any atom is -0.466 e. The van der Waals surface area contributed by atoms with Crippen molar-refractivity contribution < 1.29 is 9.53 Å². The lowest BCUT2D eigenvalue weighted by Gasteiger charge is -2.12. The summed E-state index contributed by atoms with van der Waals surface area (Å²) >= 11 is 0. The van der Waals surface area contributed by atoms with Crippen LogP contribution in [0.2, 0.25) is 0 Å². The van der Waals surface area contributed by atoms with E-state index in [1.165, 1.54) is 0 Å². The van der Waals surface area contributed by atoms with Crippen LogP contribution in [0.1, 0.15) is 26.3 Å². The first-order chi connectivity index (χ1) is 6.24. The summed E-state index contributed by atoms with van der Waals surface area (Å²) in [5, 5.41) is 0. The quantitative estimate of drug-likeness (QED) is 0.665. The van der Waals surface area contributed by atoms with Crippen molar-refractivity contribution in [2.45, 2.75) is 26.3 Å². The summed E-state index contributed by atoms with van der Waals surface area (Å²) in [6.45, 7) is 4.27. The average Bonchev–Trinajstić information content (AvgIpc) is 2.55. The maximum Gasteiger partial charge on any atom is 0.307 e. The maximum atomic E-state index is 11.1. The van der Waals surface area contributed by atoms with E-state index in [9.17, 15) is 4.79 Å². The number of nitrogens with zero attached hydrogens (tertiary/aromatic N) is 1. The van der Waals surface area contributed by atoms with Crippen LogP contribution in [0, 0.1) is 0 Å². The molecule has 1 unspecified atom stereocenters. The molecule has 72 valence electrons. The van der Waals surface area contributed by atoms with Gasteiger partial charge >= 0.3 is 5.97 Å². The SMILES string of the molecule is CCOC(=O)CC(C)n1cccc1. The molecule has 3 heteroatoms. The molecule has 1 atom stereocenters. The van der Waals surface area contributed by atoms with Gasteiger partial charge in [0.1, 0.15) is 0 Å². The first kappa shape index (κ1) is 9.84. The fraction of sp³-hybridized carbons (Fsp3) is 0.500. The van der Waals surface area contributed by atoms with Crippen molar-refractivity contribution >= 4 is 5.97 Å². The van der Waals surface area contributed by atoms with E-state index in [4.69, 9.17) is 4.74 Å². The molecule has 3 nitrogen and oxygen atoms in total. The Balaban J connectivity index is 2.42. The van der Waals surface area contributed by atoms with Crippen LogP contribution in [-0.2, 0) is 9.53 Å². The highest BCUT2D eigenvalue weighted by molar-refractivity contribution is 5.69. The molecular formula is C10H15NO2. The second kappa shape index (κ2) is 4.70. The molecular weight excluding hydrogens is 166 g/mol. The summed E-state index contributed by atoms with van der Waals surface area (Å²) in [5.74, 6) is -0.135. The molecule has 0 bridgehead atoms. The molecule has 1 heterocycles. The molecule has 0 fully saturated rings. The molecule has 0 spiro atoms. The van der Waals surface area contributed by atoms with Gasteiger partial charge in [-0.1, -0.05) is 0 Å². The van der Waals surface area contributed by atoms with Crippen molar-refractivity contribution in [2.75, 3.05) is 6.61 Å². The van der Waals surface area contributed by atoms with Crippen LogP contribution < -0.4 is 0 Å². The van der Waals surface area contributed by atoms with E-state index in [0.29, 0.717) is 13.0 Å². The summed E-state index contributed by atoms with van der Waals surface area (Å²) in [6.07, 6.45) is 4.33. The smallest absolute Gasteiger partial charge is 0.307 e. The zero-order valence-electron chi connectivity index (χ0n) is 8.06. The van der Waals surface area contributed by atoms with Gasteiger partial charge in [-0.05, 0) is 26.0 Å². The molecule has 1 rings (SSSR count). The van der Waals surface area contributed by atoms with Gasteiger partial charge in [-0.2, -0.15) is 0 Å². The Bertz CT molecular complexity index is 254. The second-order valence-electron chi connectivity index (χ2n) is 2.99. The summed E-state index contributed by atoms with van der Waals surface area (Å²) in [5.41, 5.74) is 0. The molecule has 0 aliphatic heterocycles. The van der Waals surface area contributed by atoms with E-state index < -0.39 is 0 Å². The van der Waals surface area contributed by atoms with Crippen LogP contribution in [0.25, 0.3) is 0 Å². The Morgan fingerprint density at radius 1 is 1.46 bits per heavy atom. The van der Waals surface area contributed by atoms with E-state index in [1.54, 1.807) is 0 Å². The highest BCUT2D eigenvalue weighted by Crippen LogP contribution is 2.10. The number of carbonyl (C=O) groups is 1. The van der Waals surface area contributed by atoms with Gasteiger partial charge in [0, 0.05) is 18.4 Å². The molecule has 1 aromatic rings. The van der Waals surface area contributed by atoms with E-state index in [1.807, 2.05) is 42.9 Å². The van der Waals surface area contributed by atoms with E-state index in [0.717, 1.165) is 0 Å². The predicted octanol–water partition coefficient (Wildman–Crippen LogP) is 2.00. The lowest BCUT2D eigenvalue weighted by molar-refractivity contribution is -0.143. The Morgan fingerprint density at radius 2 is 2.08 bits per heavy atom. The van der Waals surface area contributed by atoms with Gasteiger partial charge in [0.25, 0.3) is 0 Å². The van der Waals surface area contributed by atoms with Crippen LogP contribution in [-0.4, -0.2) is 17.1 Å². The molecule has 0 saturated heterocycles. The minimum atomic E-state index is -0.135. The number of rotatable bonds is 4. The zero-order valence-corrected chi connectivity index (χ0v) is 8.06. The molecule has 0 amide bonds. The third-order valence-corrected chi connectivity index (χ3v) is 1.90. The van der Waals surface area contributed by atoms with Crippen LogP contribution in [0.4, 0.5) is 0 Å². The molecule has 1 aromatic heterocycles. The van der Waals surface area contributed by atoms with Crippen molar-refractivity contribution in [1.82, 2.24) is 4.57 Å². The lowest BCUT2D eigenvalue weighted by Crippen LogP contribution is -2.12. The largest absolute Gasteiger partial charge is 0.466 e. The maximum absolute atomic E-state index is 11.1. The Kier molecular flexibility index (Phi) is 3.55. The normalized spacial score (nSPS) is 12.5. The summed E-state index contributed by atoms with van der Waals surface area (Å²) < 4.78 is 6.86. The van der Waals surface area contributed by atoms with Gasteiger partial charge in [0.05, 0.1) is 13.0 Å². The van der Waals surface area contributed by atoms with E-state index in [-0.39, 0.29) is 12.0 Å². The van der Waals surface area contributed by atoms with Gasteiger partial charge in [0.15, 0.2) is 0 Å². The fourth-order valence-corrected chi connectivity index (χ4v) is 1.21. The number of hydrogen-bond acceptors (Lipinski definition) is 2. The number of esters is 1. The van der Waals surface area contributed by atoms with Gasteiger partial charge in [-0.3, -0.25) is 4.79 Å². The number of hydrogen-bond donors (Lipinski definition) is 0. The highest BCUT2D eigenvalue weighted by atomic mass is 16.5. The van der Waals surface area contributed by atoms with E-state index in [2.05, 4.69) is 0 Å². The standard InChI is InChI=1S/C10H15NO2/c1-3-13-10(12)8-9(2)11-6-4-5-7-11/h4-7,9H,3,8H2,1-2H3. The van der Waals surface area contributed by atoms with Crippen molar-refractivity contribution in [2.24, 2.45) is 0 Å². The first-order valence-corrected chi connectivity index (χ1v) is 4.52. The minimum absolute atomic E-state index is 0.135. The van der Waals surface area contributed by atoms with Gasteiger partial charge in [-0.25, -0.2) is 0 Å². The zero-order chi connectivity index (χ0) is 9.68. The summed E-state index contributed by atoms with van der Waals surface area (Å²) in [6, 6.07) is 4.07. The van der Waals surface area contributed by atoms with Gasteiger partial charge < -0.3 is 9.30 Å². The van der Waals surface area contributed by atoms with Crippen LogP contribution in [0.15, 0.2) is 24.5 Å². The number of carbonyl (C=O) groups excluding carboxylic acids is 1. The second-order valence-corrected chi connectivity index (χ2v) is 2.99. The predicted molar refractivity (Wildman–Crippen MR) is 50.4 cm³/mol.